The summed E-state index contributed by atoms with van der Waals surface area (Å²) in [6.45, 7) is 0. The van der Waals surface area contributed by atoms with E-state index in [-0.39, 0.29) is 16.8 Å². The first-order chi connectivity index (χ1) is 8.45. The molecule has 1 N–H and O–H groups in total. The zero-order valence-electron chi connectivity index (χ0n) is 8.74. The first kappa shape index (κ1) is 12.6. The monoisotopic (exact) mass is 274 g/mol. The van der Waals surface area contributed by atoms with Gasteiger partial charge in [0, 0.05) is 6.07 Å². The molecule has 18 heavy (non-hydrogen) atoms. The second kappa shape index (κ2) is 4.77. The van der Waals surface area contributed by atoms with Crippen molar-refractivity contribution in [1.82, 2.24) is 15.0 Å². The summed E-state index contributed by atoms with van der Waals surface area (Å²) in [7, 11) is 0. The van der Waals surface area contributed by atoms with Gasteiger partial charge < -0.3 is 5.32 Å². The van der Waals surface area contributed by atoms with E-state index in [2.05, 4.69) is 20.3 Å². The van der Waals surface area contributed by atoms with Crippen molar-refractivity contribution in [2.45, 2.75) is 6.18 Å². The summed E-state index contributed by atoms with van der Waals surface area (Å²) < 4.78 is 37.3. The number of pyridine rings is 1. The van der Waals surface area contributed by atoms with E-state index in [1.807, 2.05) is 0 Å². The minimum atomic E-state index is -4.49. The third-order valence-electron chi connectivity index (χ3n) is 1.93. The summed E-state index contributed by atoms with van der Waals surface area (Å²) in [6, 6.07) is 4.91. The van der Waals surface area contributed by atoms with Crippen LogP contribution in [0, 0.1) is 0 Å². The van der Waals surface area contributed by atoms with Crippen LogP contribution in [0.2, 0.25) is 5.15 Å². The van der Waals surface area contributed by atoms with Gasteiger partial charge in [-0.1, -0.05) is 17.7 Å². The molecule has 2 aromatic rings. The topological polar surface area (TPSA) is 50.7 Å². The van der Waals surface area contributed by atoms with Crippen LogP contribution >= 0.6 is 11.6 Å². The van der Waals surface area contributed by atoms with Gasteiger partial charge in [0.25, 0.3) is 0 Å². The molecule has 0 radical (unpaired) electrons. The normalized spacial score (nSPS) is 11.3. The summed E-state index contributed by atoms with van der Waals surface area (Å²) in [6.07, 6.45) is -3.29. The molecule has 0 aromatic carbocycles. The van der Waals surface area contributed by atoms with Crippen LogP contribution in [0.5, 0.6) is 0 Å². The standard InChI is InChI=1S/C10H6ClF3N4/c11-7-4-9(16-5-15-7)18-8-3-1-2-6(17-8)10(12,13)14/h1-5H,(H,15,16,17,18). The Balaban J connectivity index is 2.25. The fraction of sp³-hybridized carbons (Fsp3) is 0.100. The molecule has 0 aliphatic heterocycles. The van der Waals surface area contributed by atoms with Crippen molar-refractivity contribution in [3.63, 3.8) is 0 Å². The molecule has 0 spiro atoms. The zero-order valence-corrected chi connectivity index (χ0v) is 9.50. The van der Waals surface area contributed by atoms with E-state index in [0.717, 1.165) is 6.07 Å². The smallest absolute Gasteiger partial charge is 0.325 e. The predicted octanol–water partition coefficient (Wildman–Crippen LogP) is 3.29. The van der Waals surface area contributed by atoms with Crippen LogP contribution in [-0.4, -0.2) is 15.0 Å². The highest BCUT2D eigenvalue weighted by Crippen LogP contribution is 2.28. The molecule has 0 amide bonds. The van der Waals surface area contributed by atoms with Gasteiger partial charge in [0.05, 0.1) is 0 Å². The van der Waals surface area contributed by atoms with Gasteiger partial charge in [-0.05, 0) is 12.1 Å². The number of hydrogen-bond acceptors (Lipinski definition) is 4. The first-order valence-electron chi connectivity index (χ1n) is 4.74. The van der Waals surface area contributed by atoms with E-state index in [4.69, 9.17) is 11.6 Å². The lowest BCUT2D eigenvalue weighted by atomic mass is 10.3. The summed E-state index contributed by atoms with van der Waals surface area (Å²) in [5, 5.41) is 2.79. The Morgan fingerprint density at radius 2 is 1.89 bits per heavy atom. The van der Waals surface area contributed by atoms with E-state index in [0.29, 0.717) is 0 Å². The number of anilines is 2. The molecule has 0 aliphatic rings. The Labute approximate surface area is 105 Å². The molecule has 4 nitrogen and oxygen atoms in total. The van der Waals surface area contributed by atoms with E-state index < -0.39 is 11.9 Å². The Morgan fingerprint density at radius 1 is 1.11 bits per heavy atom. The zero-order chi connectivity index (χ0) is 13.2. The molecule has 2 rings (SSSR count). The number of nitrogens with one attached hydrogen (secondary N) is 1. The van der Waals surface area contributed by atoms with Gasteiger partial charge in [0.15, 0.2) is 0 Å². The molecular formula is C10H6ClF3N4. The molecule has 0 unspecified atom stereocenters. The van der Waals surface area contributed by atoms with E-state index in [1.54, 1.807) is 0 Å². The van der Waals surface area contributed by atoms with Gasteiger partial charge in [0.2, 0.25) is 0 Å². The van der Waals surface area contributed by atoms with Gasteiger partial charge in [-0.15, -0.1) is 0 Å². The number of nitrogens with zero attached hydrogens (tertiary/aromatic N) is 3. The van der Waals surface area contributed by atoms with E-state index >= 15 is 0 Å². The summed E-state index contributed by atoms with van der Waals surface area (Å²) in [4.78, 5) is 10.9. The molecule has 2 aromatic heterocycles. The molecule has 2 heterocycles. The van der Waals surface area contributed by atoms with E-state index in [9.17, 15) is 13.2 Å². The van der Waals surface area contributed by atoms with Crippen LogP contribution in [0.1, 0.15) is 5.69 Å². The minimum absolute atomic E-state index is 0.0274. The number of halogens is 4. The van der Waals surface area contributed by atoms with Crippen molar-refractivity contribution < 1.29 is 13.2 Å². The van der Waals surface area contributed by atoms with Crippen LogP contribution in [-0.2, 0) is 6.18 Å². The molecule has 0 fully saturated rings. The average Bonchev–Trinajstić information content (AvgIpc) is 2.28. The lowest BCUT2D eigenvalue weighted by molar-refractivity contribution is -0.141. The lowest BCUT2D eigenvalue weighted by Crippen LogP contribution is -2.09. The van der Waals surface area contributed by atoms with Gasteiger partial charge in [-0.2, -0.15) is 13.2 Å². The van der Waals surface area contributed by atoms with Gasteiger partial charge in [0.1, 0.15) is 28.8 Å². The number of rotatable bonds is 2. The third-order valence-corrected chi connectivity index (χ3v) is 2.14. The largest absolute Gasteiger partial charge is 0.433 e. The number of alkyl halides is 3. The summed E-state index contributed by atoms with van der Waals surface area (Å²) in [5.41, 5.74) is -0.979. The van der Waals surface area contributed by atoms with Gasteiger partial charge >= 0.3 is 6.18 Å². The fourth-order valence-corrected chi connectivity index (χ4v) is 1.34. The predicted molar refractivity (Wildman–Crippen MR) is 59.6 cm³/mol. The SMILES string of the molecule is FC(F)(F)c1cccc(Nc2cc(Cl)ncn2)n1. The molecular weight excluding hydrogens is 269 g/mol. The van der Waals surface area contributed by atoms with Crippen LogP contribution in [0.25, 0.3) is 0 Å². The molecule has 0 bridgehead atoms. The molecule has 94 valence electrons. The summed E-state index contributed by atoms with van der Waals surface area (Å²) in [5.74, 6) is 0.293. The molecule has 8 heteroatoms. The Bertz CT molecular complexity index is 559. The Hall–Kier alpha value is -1.89. The fourth-order valence-electron chi connectivity index (χ4n) is 1.20. The van der Waals surface area contributed by atoms with Crippen molar-refractivity contribution >= 4 is 23.2 Å². The van der Waals surface area contributed by atoms with Crippen LogP contribution in [0.15, 0.2) is 30.6 Å². The molecule has 0 aliphatic carbocycles. The van der Waals surface area contributed by atoms with Crippen molar-refractivity contribution in [3.05, 3.63) is 41.4 Å². The maximum Gasteiger partial charge on any atom is 0.433 e. The average molecular weight is 275 g/mol. The van der Waals surface area contributed by atoms with Crippen LogP contribution in [0.3, 0.4) is 0 Å². The minimum Gasteiger partial charge on any atom is -0.325 e. The molecule has 0 saturated carbocycles. The van der Waals surface area contributed by atoms with Crippen molar-refractivity contribution in [1.29, 1.82) is 0 Å². The molecule has 0 saturated heterocycles. The van der Waals surface area contributed by atoms with Crippen molar-refractivity contribution in [3.8, 4) is 0 Å². The third kappa shape index (κ3) is 3.07. The quantitative estimate of drug-likeness (QED) is 0.854. The maximum atomic E-state index is 12.4. The summed E-state index contributed by atoms with van der Waals surface area (Å²) >= 11 is 5.62. The first-order valence-corrected chi connectivity index (χ1v) is 5.12. The Morgan fingerprint density at radius 3 is 2.56 bits per heavy atom. The highest BCUT2D eigenvalue weighted by Gasteiger charge is 2.32. The maximum absolute atomic E-state index is 12.4. The number of hydrogen-bond donors (Lipinski definition) is 1. The Kier molecular flexibility index (Phi) is 3.33. The second-order valence-corrected chi connectivity index (χ2v) is 3.64. The lowest BCUT2D eigenvalue weighted by Gasteiger charge is -2.08. The molecule has 0 atom stereocenters. The van der Waals surface area contributed by atoms with Crippen LogP contribution in [0.4, 0.5) is 24.8 Å². The number of aromatic nitrogens is 3. The highest BCUT2D eigenvalue weighted by atomic mass is 35.5. The van der Waals surface area contributed by atoms with Crippen LogP contribution < -0.4 is 5.32 Å². The van der Waals surface area contributed by atoms with Gasteiger partial charge in [-0.3, -0.25) is 0 Å². The van der Waals surface area contributed by atoms with Crippen molar-refractivity contribution in [2.24, 2.45) is 0 Å². The van der Waals surface area contributed by atoms with Gasteiger partial charge in [-0.25, -0.2) is 15.0 Å². The highest BCUT2D eigenvalue weighted by molar-refractivity contribution is 6.29. The van der Waals surface area contributed by atoms with E-state index in [1.165, 1.54) is 24.5 Å². The van der Waals surface area contributed by atoms with Crippen molar-refractivity contribution in [2.75, 3.05) is 5.32 Å². The second-order valence-electron chi connectivity index (χ2n) is 3.26.